The second-order valence-electron chi connectivity index (χ2n) is 11.3. The molecule has 0 spiro atoms. The monoisotopic (exact) mass is 733 g/mol. The molecule has 0 atom stereocenters. The Morgan fingerprint density at radius 3 is 2.39 bits per heavy atom. The van der Waals surface area contributed by atoms with Gasteiger partial charge in [0.05, 0.1) is 23.2 Å². The molecular formula is C36H33ClFN5O7S. The molecule has 0 aliphatic carbocycles. The molecule has 5 aromatic rings. The molecule has 51 heavy (non-hydrogen) atoms. The molecule has 1 amide bonds. The van der Waals surface area contributed by atoms with Crippen LogP contribution in [0.25, 0.3) is 10.9 Å². The number of anilines is 2. The van der Waals surface area contributed by atoms with Gasteiger partial charge in [-0.3, -0.25) is 14.6 Å². The third kappa shape index (κ3) is 9.42. The number of fused-ring (bicyclic) bond motifs is 1. The first-order chi connectivity index (χ1) is 24.5. The molecule has 0 saturated heterocycles. The van der Waals surface area contributed by atoms with E-state index >= 15 is 0 Å². The number of ketones is 1. The number of hydrogen-bond donors (Lipinski definition) is 2. The van der Waals surface area contributed by atoms with Crippen LogP contribution in [-0.2, 0) is 14.8 Å². The standard InChI is InChI=1S/C36H33ClFN5O7S/c1-23-19-33(30-20-25(37)5-13-31(30)40-23)39-16-18-43(51(47,48)29-11-9-28(49-2)10-12-29)17-15-36(45)41-32-14-8-27(42-46)21-35(32)50-22-34(44)24-3-6-26(38)7-4-24/h3-14,19-21H,15-18,22H2,1-2H3,(H,39,40)(H,41,45). The van der Waals surface area contributed by atoms with Crippen molar-refractivity contribution in [2.45, 2.75) is 18.2 Å². The number of nitrogens with one attached hydrogen (secondary N) is 2. The van der Waals surface area contributed by atoms with Gasteiger partial charge in [0.25, 0.3) is 0 Å². The molecule has 5 rings (SSSR count). The topological polar surface area (TPSA) is 156 Å². The molecule has 15 heteroatoms. The van der Waals surface area contributed by atoms with E-state index in [9.17, 15) is 27.3 Å². The summed E-state index contributed by atoms with van der Waals surface area (Å²) in [4.78, 5) is 41.6. The van der Waals surface area contributed by atoms with Gasteiger partial charge >= 0.3 is 0 Å². The largest absolute Gasteiger partial charge is 0.497 e. The van der Waals surface area contributed by atoms with Crippen molar-refractivity contribution in [2.75, 3.05) is 44.0 Å². The molecular weight excluding hydrogens is 701 g/mol. The highest BCUT2D eigenvalue weighted by atomic mass is 35.5. The van der Waals surface area contributed by atoms with Gasteiger partial charge in [-0.25, -0.2) is 12.8 Å². The van der Waals surface area contributed by atoms with Crippen LogP contribution >= 0.6 is 11.6 Å². The fourth-order valence-corrected chi connectivity index (χ4v) is 6.75. The zero-order chi connectivity index (χ0) is 36.5. The lowest BCUT2D eigenvalue weighted by atomic mass is 10.1. The van der Waals surface area contributed by atoms with Crippen LogP contribution in [0.3, 0.4) is 0 Å². The second kappa shape index (κ2) is 16.5. The first kappa shape index (κ1) is 36.8. The van der Waals surface area contributed by atoms with Gasteiger partial charge in [0.1, 0.15) is 23.0 Å². The maximum atomic E-state index is 13.9. The molecule has 4 aromatic carbocycles. The Morgan fingerprint density at radius 2 is 1.69 bits per heavy atom. The summed E-state index contributed by atoms with van der Waals surface area (Å²) in [5, 5.41) is 10.1. The van der Waals surface area contributed by atoms with E-state index in [-0.39, 0.29) is 53.6 Å². The van der Waals surface area contributed by atoms with Crippen molar-refractivity contribution >= 4 is 61.3 Å². The van der Waals surface area contributed by atoms with Crippen molar-refractivity contribution in [3.63, 3.8) is 0 Å². The first-order valence-electron chi connectivity index (χ1n) is 15.6. The Labute approximate surface area is 298 Å². The van der Waals surface area contributed by atoms with Gasteiger partial charge in [-0.05, 0) is 97.0 Å². The van der Waals surface area contributed by atoms with Gasteiger partial charge in [-0.2, -0.15) is 4.31 Å². The SMILES string of the molecule is COc1ccc(S(=O)(=O)N(CCNc2cc(C)nc3ccc(Cl)cc23)CCC(=O)Nc2ccc(N=O)cc2OCC(=O)c2ccc(F)cc2)cc1. The van der Waals surface area contributed by atoms with Crippen molar-refractivity contribution < 1.29 is 31.9 Å². The molecule has 0 aliphatic rings. The number of hydrogen-bond acceptors (Lipinski definition) is 10. The van der Waals surface area contributed by atoms with Gasteiger partial charge in [-0.1, -0.05) is 11.6 Å². The predicted octanol–water partition coefficient (Wildman–Crippen LogP) is 7.14. The lowest BCUT2D eigenvalue weighted by Gasteiger charge is -2.23. The molecule has 0 bridgehead atoms. The maximum absolute atomic E-state index is 13.9. The third-order valence-electron chi connectivity index (χ3n) is 7.73. The summed E-state index contributed by atoms with van der Waals surface area (Å²) in [6.07, 6.45) is -0.260. The van der Waals surface area contributed by atoms with Crippen LogP contribution in [0.1, 0.15) is 22.5 Å². The Balaban J connectivity index is 1.31. The minimum atomic E-state index is -4.08. The minimum Gasteiger partial charge on any atom is -0.497 e. The van der Waals surface area contributed by atoms with Crippen molar-refractivity contribution in [1.29, 1.82) is 0 Å². The van der Waals surface area contributed by atoms with Gasteiger partial charge in [0.2, 0.25) is 15.9 Å². The fraction of sp³-hybridized carbons (Fsp3) is 0.194. The Morgan fingerprint density at radius 1 is 0.941 bits per heavy atom. The third-order valence-corrected chi connectivity index (χ3v) is 9.88. The number of aromatic nitrogens is 1. The van der Waals surface area contributed by atoms with Crippen LogP contribution in [0.4, 0.5) is 21.5 Å². The summed E-state index contributed by atoms with van der Waals surface area (Å²) < 4.78 is 53.0. The number of nitrogens with zero attached hydrogens (tertiary/aromatic N) is 3. The molecule has 0 saturated carbocycles. The molecule has 0 aliphatic heterocycles. The van der Waals surface area contributed by atoms with Crippen LogP contribution in [0.5, 0.6) is 11.5 Å². The molecule has 2 N–H and O–H groups in total. The zero-order valence-electron chi connectivity index (χ0n) is 27.6. The molecule has 0 radical (unpaired) electrons. The number of Topliss-reactive ketones (excluding diaryl/α,β-unsaturated/α-hetero) is 1. The van der Waals surface area contributed by atoms with Crippen LogP contribution < -0.4 is 20.1 Å². The summed E-state index contributed by atoms with van der Waals surface area (Å²) in [6.45, 7) is 1.35. The Bertz CT molecular complexity index is 2170. The van der Waals surface area contributed by atoms with E-state index < -0.39 is 34.1 Å². The van der Waals surface area contributed by atoms with Crippen LogP contribution in [0.2, 0.25) is 5.02 Å². The number of pyridine rings is 1. The van der Waals surface area contributed by atoms with E-state index in [0.29, 0.717) is 10.8 Å². The van der Waals surface area contributed by atoms with Gasteiger partial charge < -0.3 is 20.1 Å². The molecule has 1 aromatic heterocycles. The fourth-order valence-electron chi connectivity index (χ4n) is 5.13. The average molecular weight is 734 g/mol. The van der Waals surface area contributed by atoms with Crippen molar-refractivity contribution in [3.8, 4) is 11.5 Å². The van der Waals surface area contributed by atoms with Crippen molar-refractivity contribution in [2.24, 2.45) is 5.18 Å². The van der Waals surface area contributed by atoms with Gasteiger partial charge in [-0.15, -0.1) is 4.91 Å². The number of rotatable bonds is 16. The highest BCUT2D eigenvalue weighted by molar-refractivity contribution is 7.89. The molecule has 264 valence electrons. The summed E-state index contributed by atoms with van der Waals surface area (Å²) in [7, 11) is -2.61. The zero-order valence-corrected chi connectivity index (χ0v) is 29.1. The summed E-state index contributed by atoms with van der Waals surface area (Å²) in [6, 6.07) is 22.0. The number of ether oxygens (including phenoxy) is 2. The van der Waals surface area contributed by atoms with Crippen LogP contribution in [0, 0.1) is 17.6 Å². The van der Waals surface area contributed by atoms with E-state index in [2.05, 4.69) is 20.8 Å². The Hall–Kier alpha value is -5.44. The number of amides is 1. The number of aryl methyl sites for hydroxylation is 1. The molecule has 1 heterocycles. The number of methoxy groups -OCH3 is 1. The highest BCUT2D eigenvalue weighted by Gasteiger charge is 2.25. The van der Waals surface area contributed by atoms with E-state index in [1.165, 1.54) is 66.0 Å². The lowest BCUT2D eigenvalue weighted by Crippen LogP contribution is -2.37. The Kier molecular flexibility index (Phi) is 11.9. The number of nitroso groups, excluding NO2 is 1. The summed E-state index contributed by atoms with van der Waals surface area (Å²) in [5.41, 5.74) is 2.52. The molecule has 0 unspecified atom stereocenters. The van der Waals surface area contributed by atoms with E-state index in [1.807, 2.05) is 13.0 Å². The maximum Gasteiger partial charge on any atom is 0.243 e. The lowest BCUT2D eigenvalue weighted by molar-refractivity contribution is -0.116. The highest BCUT2D eigenvalue weighted by Crippen LogP contribution is 2.31. The number of sulfonamides is 1. The van der Waals surface area contributed by atoms with Gasteiger partial charge in [0, 0.05) is 59.5 Å². The smallest absolute Gasteiger partial charge is 0.243 e. The quantitative estimate of drug-likeness (QED) is 0.0795. The second-order valence-corrected chi connectivity index (χ2v) is 13.6. The normalized spacial score (nSPS) is 11.3. The predicted molar refractivity (Wildman–Crippen MR) is 193 cm³/mol. The summed E-state index contributed by atoms with van der Waals surface area (Å²) in [5.74, 6) is -1.07. The minimum absolute atomic E-state index is 0.00929. The number of carbonyl (C=O) groups is 2. The van der Waals surface area contributed by atoms with E-state index in [1.54, 1.807) is 18.2 Å². The molecule has 12 nitrogen and oxygen atoms in total. The number of carbonyl (C=O) groups excluding carboxylic acids is 2. The number of benzene rings is 4. The average Bonchev–Trinajstić information content (AvgIpc) is 3.12. The van der Waals surface area contributed by atoms with E-state index in [0.717, 1.165) is 34.4 Å². The first-order valence-corrected chi connectivity index (χ1v) is 17.4. The molecule has 0 fully saturated rings. The summed E-state index contributed by atoms with van der Waals surface area (Å²) >= 11 is 6.24. The van der Waals surface area contributed by atoms with E-state index in [4.69, 9.17) is 21.1 Å². The van der Waals surface area contributed by atoms with Crippen molar-refractivity contribution in [3.05, 3.63) is 118 Å². The van der Waals surface area contributed by atoms with Crippen molar-refractivity contribution in [1.82, 2.24) is 9.29 Å². The van der Waals surface area contributed by atoms with Crippen LogP contribution in [0.15, 0.2) is 101 Å². The number of halogens is 2. The van der Waals surface area contributed by atoms with Gasteiger partial charge in [0.15, 0.2) is 12.4 Å². The van der Waals surface area contributed by atoms with Crippen LogP contribution in [-0.4, -0.2) is 62.7 Å².